The highest BCUT2D eigenvalue weighted by atomic mass is 127. The van der Waals surface area contributed by atoms with Crippen LogP contribution in [0, 0.1) is 38.8 Å². The van der Waals surface area contributed by atoms with Gasteiger partial charge in [-0.3, -0.25) is 0 Å². The normalized spacial score (nSPS) is 19.3. The van der Waals surface area contributed by atoms with Gasteiger partial charge in [-0.25, -0.2) is 24.5 Å². The van der Waals surface area contributed by atoms with E-state index in [2.05, 4.69) is 112 Å². The fourth-order valence-electron chi connectivity index (χ4n) is 11.4. The molecule has 0 aliphatic carbocycles. The molecule has 0 saturated carbocycles. The number of aryl methyl sites for hydroxylation is 2. The SMILES string of the molecule is CC[C@@H]1CCN(C(=O)Nc2ccc(C)c(-c3cc(NC[C@H](C)O)nc(N4CCOCC4)c3)c2)C1.C[C@H](O)CN.C[C@H](O)CNc1cc(I)cc(N2CCOCC2)n1.Cc1ccc(NC(=O)N2CC[C@@H](CC(F)(F)F)C2)cc1B1OC(C)(C)C(C)(C)O1.Fc1cc(I)cc(N2CCOCC2)n1.S.S. The summed E-state index contributed by atoms with van der Waals surface area (Å²) in [6, 6.07) is 22.5. The number of nitrogens with zero attached hydrogens (tertiary/aromatic N) is 8. The predicted octanol–water partition coefficient (Wildman–Crippen LogP) is 10.6. The first-order valence-corrected chi connectivity index (χ1v) is 36.5. The molecule has 0 unspecified atom stereocenters. The van der Waals surface area contributed by atoms with E-state index >= 15 is 0 Å². The highest BCUT2D eigenvalue weighted by molar-refractivity contribution is 14.1. The lowest BCUT2D eigenvalue weighted by Crippen LogP contribution is -2.41. The van der Waals surface area contributed by atoms with Crippen molar-refractivity contribution < 1.29 is 66.0 Å². The van der Waals surface area contributed by atoms with Gasteiger partial charge in [0.2, 0.25) is 5.95 Å². The summed E-state index contributed by atoms with van der Waals surface area (Å²) in [6.07, 6.45) is -3.70. The third kappa shape index (κ3) is 28.1. The lowest BCUT2D eigenvalue weighted by Gasteiger charge is -2.32. The van der Waals surface area contributed by atoms with E-state index in [0.29, 0.717) is 76.5 Å². The van der Waals surface area contributed by atoms with E-state index in [1.165, 1.54) is 11.0 Å². The summed E-state index contributed by atoms with van der Waals surface area (Å²) in [5.41, 5.74) is 10.3. The van der Waals surface area contributed by atoms with E-state index in [9.17, 15) is 37.4 Å². The number of alkyl halides is 3. The van der Waals surface area contributed by atoms with Gasteiger partial charge in [-0.1, -0.05) is 31.0 Å². The lowest BCUT2D eigenvalue weighted by molar-refractivity contribution is -0.143. The molecule has 5 atom stereocenters. The van der Waals surface area contributed by atoms with E-state index in [1.54, 1.807) is 32.9 Å². The summed E-state index contributed by atoms with van der Waals surface area (Å²) < 4.78 is 81.0. The molecule has 9 heterocycles. The molecule has 3 aromatic heterocycles. The third-order valence-corrected chi connectivity index (χ3v) is 19.2. The molecule has 6 aliphatic rings. The monoisotopic (exact) mass is 1690 g/mol. The van der Waals surface area contributed by atoms with Gasteiger partial charge in [0.05, 0.1) is 69.2 Å². The first kappa shape index (κ1) is 87.6. The minimum atomic E-state index is -4.20. The largest absolute Gasteiger partial charge is 0.495 e. The average molecular weight is 1690 g/mol. The molecule has 2 aromatic carbocycles. The number of amides is 4. The molecular weight excluding hydrogens is 1590 g/mol. The number of nitrogens with one attached hydrogen (secondary N) is 4. The second-order valence-corrected chi connectivity index (χ2v) is 29.4. The van der Waals surface area contributed by atoms with Crippen LogP contribution < -0.4 is 47.2 Å². The summed E-state index contributed by atoms with van der Waals surface area (Å²) in [4.78, 5) is 48.4. The number of halogens is 6. The van der Waals surface area contributed by atoms with Crippen molar-refractivity contribution in [3.63, 3.8) is 0 Å². The van der Waals surface area contributed by atoms with Gasteiger partial charge in [-0.05, 0) is 209 Å². The molecule has 6 fully saturated rings. The van der Waals surface area contributed by atoms with Crippen LogP contribution in [0.4, 0.5) is 67.6 Å². The number of aromatic nitrogens is 3. The van der Waals surface area contributed by atoms with Crippen molar-refractivity contribution in [1.29, 1.82) is 0 Å². The van der Waals surface area contributed by atoms with Crippen molar-refractivity contribution >= 4 is 137 Å². The van der Waals surface area contributed by atoms with Gasteiger partial charge in [0.1, 0.15) is 29.1 Å². The molecule has 6 aliphatic heterocycles. The summed E-state index contributed by atoms with van der Waals surface area (Å²) in [6.45, 7) is 31.7. The Bertz CT molecular complexity index is 3380. The van der Waals surface area contributed by atoms with Crippen LogP contribution >= 0.6 is 72.2 Å². The predicted molar refractivity (Wildman–Crippen MR) is 424 cm³/mol. The molecule has 0 spiro atoms. The molecule has 9 N–H and O–H groups in total. The van der Waals surface area contributed by atoms with Crippen molar-refractivity contribution in [1.82, 2.24) is 24.8 Å². The number of anilines is 7. The topological polar surface area (TPSA) is 270 Å². The first-order chi connectivity index (χ1) is 47.4. The van der Waals surface area contributed by atoms with Gasteiger partial charge in [0, 0.05) is 116 Å². The zero-order valence-corrected chi connectivity index (χ0v) is 66.6. The molecule has 32 heteroatoms. The maximum atomic E-state index is 13.0. The van der Waals surface area contributed by atoms with Crippen LogP contribution in [0.25, 0.3) is 11.1 Å². The van der Waals surface area contributed by atoms with Crippen LogP contribution in [0.3, 0.4) is 0 Å². The Hall–Kier alpha value is -4.99. The number of aliphatic hydroxyl groups excluding tert-OH is 3. The molecular formula is C70H106BF4I2N13O10S2. The van der Waals surface area contributed by atoms with Crippen LogP contribution in [0.2, 0.25) is 0 Å². The zero-order valence-electron chi connectivity index (χ0n) is 60.3. The van der Waals surface area contributed by atoms with Crippen LogP contribution in [-0.2, 0) is 23.5 Å². The summed E-state index contributed by atoms with van der Waals surface area (Å²) in [5, 5.41) is 39.5. The number of likely N-dealkylation sites (tertiary alicyclic amines) is 2. The standard InChI is InChI=1S/C26H37N5O3.C20H28BF3N2O3.C12H18IN3O2.C9H10FIN2O.C3H9NO.2H2S/c1-4-20-7-8-31(17-20)26(33)28-22-6-5-18(2)23(15-22)21-13-24(27-16-19(3)32)29-25(14-21)30-9-11-34-12-10-30;1-13-6-7-15(10-16(13)21-28-18(2,3)19(4,5)29-21)25-17(27)26-9-8-14(12-26)11-20(22,23)24;1-9(17)8-14-11-6-10(13)7-12(15-11)16-2-4-18-5-3-16;10-8-5-7(11)6-9(12-8)13-1-3-14-4-2-13;1-3(5)2-4;;/h5-6,13-15,19-20,32H,4,7-12,16-17H2,1-3H3,(H,27,29)(H,28,33);6-7,10,14H,8-9,11-12H2,1-5H3,(H,25,27);6-7,9,17H,2-5,8H2,1H3,(H,14,15);5-6H,1-4H2;3,5H,2,4H2,1H3;2*1H2/t19-,20+;14-;9-;;3-;;/m000.0../s1. The van der Waals surface area contributed by atoms with Crippen molar-refractivity contribution in [3.8, 4) is 11.1 Å². The van der Waals surface area contributed by atoms with Crippen LogP contribution in [-0.4, -0.2) is 220 Å². The smallest absolute Gasteiger partial charge is 0.399 e. The fourth-order valence-corrected chi connectivity index (χ4v) is 12.5. The summed E-state index contributed by atoms with van der Waals surface area (Å²) in [5.74, 6) is 3.72. The van der Waals surface area contributed by atoms with E-state index in [1.807, 2.05) is 86.9 Å². The molecule has 0 radical (unpaired) electrons. The van der Waals surface area contributed by atoms with E-state index in [0.717, 1.165) is 142 Å². The molecule has 5 aromatic rings. The highest BCUT2D eigenvalue weighted by Gasteiger charge is 2.52. The minimum absolute atomic E-state index is 0. The van der Waals surface area contributed by atoms with Gasteiger partial charge < -0.3 is 90.3 Å². The summed E-state index contributed by atoms with van der Waals surface area (Å²) >= 11 is 4.37. The van der Waals surface area contributed by atoms with Crippen molar-refractivity contribution in [3.05, 3.63) is 97.0 Å². The number of pyridine rings is 3. The quantitative estimate of drug-likeness (QED) is 0.0197. The number of aliphatic hydroxyl groups is 3. The van der Waals surface area contributed by atoms with Gasteiger partial charge in [-0.15, -0.1) is 0 Å². The number of benzene rings is 2. The van der Waals surface area contributed by atoms with Crippen LogP contribution in [0.15, 0.2) is 72.8 Å². The number of urea groups is 2. The molecule has 0 bridgehead atoms. The second kappa shape index (κ2) is 41.8. The Morgan fingerprint density at radius 3 is 1.48 bits per heavy atom. The fraction of sp³-hybridized carbons (Fsp3) is 0.586. The van der Waals surface area contributed by atoms with Crippen molar-refractivity contribution in [2.45, 2.75) is 131 Å². The van der Waals surface area contributed by atoms with Crippen LogP contribution in [0.5, 0.6) is 0 Å². The Morgan fingerprint density at radius 2 is 1.04 bits per heavy atom. The number of carbonyl (C=O) groups excluding carboxylic acids is 2. The van der Waals surface area contributed by atoms with Gasteiger partial charge in [-0.2, -0.15) is 44.6 Å². The number of hydrogen-bond donors (Lipinski definition) is 8. The number of morpholine rings is 3. The van der Waals surface area contributed by atoms with E-state index < -0.39 is 54.9 Å². The van der Waals surface area contributed by atoms with Crippen molar-refractivity contribution in [2.24, 2.45) is 17.6 Å². The number of hydrogen-bond acceptors (Lipinski definition) is 19. The van der Waals surface area contributed by atoms with Gasteiger partial charge >= 0.3 is 25.4 Å². The second-order valence-electron chi connectivity index (χ2n) is 26.9. The van der Waals surface area contributed by atoms with E-state index in [4.69, 9.17) is 39.3 Å². The van der Waals surface area contributed by atoms with E-state index in [-0.39, 0.29) is 51.8 Å². The van der Waals surface area contributed by atoms with Crippen LogP contribution in [0.1, 0.15) is 92.2 Å². The molecule has 102 heavy (non-hydrogen) atoms. The molecule has 23 nitrogen and oxygen atoms in total. The summed E-state index contributed by atoms with van der Waals surface area (Å²) in [7, 11) is -0.556. The number of nitrogens with two attached hydrogens (primary N) is 1. The number of rotatable bonds is 16. The van der Waals surface area contributed by atoms with Gasteiger partial charge in [0.15, 0.2) is 0 Å². The van der Waals surface area contributed by atoms with Gasteiger partial charge in [0.25, 0.3) is 0 Å². The minimum Gasteiger partial charge on any atom is -0.399 e. The maximum absolute atomic E-state index is 13.0. The molecule has 4 amide bonds. The third-order valence-electron chi connectivity index (χ3n) is 17.9. The Morgan fingerprint density at radius 1 is 0.618 bits per heavy atom. The Balaban J connectivity index is 0.000000249. The zero-order chi connectivity index (χ0) is 72.9. The molecule has 6 saturated heterocycles. The average Bonchev–Trinajstić information content (AvgIpc) is 1.62. The molecule has 568 valence electrons. The highest BCUT2D eigenvalue weighted by Crippen LogP contribution is 2.38. The first-order valence-electron chi connectivity index (χ1n) is 34.4. The molecule has 11 rings (SSSR count). The maximum Gasteiger partial charge on any atom is 0.495 e. The Labute approximate surface area is 640 Å². The number of ether oxygens (including phenoxy) is 3. The Kier molecular flexibility index (Phi) is 35.9. The number of carbonyl (C=O) groups is 2. The lowest BCUT2D eigenvalue weighted by atomic mass is 9.76. The van der Waals surface area contributed by atoms with Crippen molar-refractivity contribution in [2.75, 3.05) is 161 Å².